The van der Waals surface area contributed by atoms with Crippen molar-refractivity contribution in [2.45, 2.75) is 54.0 Å². The Hall–Kier alpha value is -0.570. The molecule has 0 aliphatic carbocycles. The van der Waals surface area contributed by atoms with E-state index in [1.165, 1.54) is 0 Å². The normalized spacial score (nSPS) is 17.0. The molecule has 0 saturated carbocycles. The Balaban J connectivity index is 4.55. The smallest absolute Gasteiger partial charge is 0.312 e. The summed E-state index contributed by atoms with van der Waals surface area (Å²) in [5.74, 6) is 0.724. The van der Waals surface area contributed by atoms with Crippen LogP contribution in [0.1, 0.15) is 48.0 Å². The van der Waals surface area contributed by atoms with Gasteiger partial charge in [-0.05, 0) is 39.2 Å². The zero-order valence-electron chi connectivity index (χ0n) is 12.5. The van der Waals surface area contributed by atoms with Crippen molar-refractivity contribution < 1.29 is 9.53 Å². The first-order valence-electron chi connectivity index (χ1n) is 6.58. The third-order valence-corrected chi connectivity index (χ3v) is 3.53. The van der Waals surface area contributed by atoms with E-state index in [1.54, 1.807) is 0 Å². The lowest BCUT2D eigenvalue weighted by molar-refractivity contribution is -0.159. The van der Waals surface area contributed by atoms with Gasteiger partial charge >= 0.3 is 5.97 Å². The van der Waals surface area contributed by atoms with Crippen molar-refractivity contribution in [1.82, 2.24) is 5.32 Å². The summed E-state index contributed by atoms with van der Waals surface area (Å²) in [6, 6.07) is 0.203. The SMILES string of the molecule is CNC(C)COC(=O)C(C)(CC(C)C)C(C)C. The molecular formula is C14H29NO2. The fourth-order valence-corrected chi connectivity index (χ4v) is 1.85. The summed E-state index contributed by atoms with van der Waals surface area (Å²) in [7, 11) is 1.87. The summed E-state index contributed by atoms with van der Waals surface area (Å²) in [6.07, 6.45) is 0.872. The van der Waals surface area contributed by atoms with Crippen LogP contribution in [0.5, 0.6) is 0 Å². The molecule has 0 rings (SSSR count). The molecule has 17 heavy (non-hydrogen) atoms. The molecule has 0 saturated heterocycles. The molecule has 2 atom stereocenters. The fraction of sp³-hybridized carbons (Fsp3) is 0.929. The van der Waals surface area contributed by atoms with Gasteiger partial charge in [0.15, 0.2) is 0 Å². The summed E-state index contributed by atoms with van der Waals surface area (Å²) in [5.41, 5.74) is -0.373. The van der Waals surface area contributed by atoms with Crippen molar-refractivity contribution in [3.63, 3.8) is 0 Å². The van der Waals surface area contributed by atoms with Gasteiger partial charge in [-0.25, -0.2) is 0 Å². The molecule has 0 aromatic heterocycles. The van der Waals surface area contributed by atoms with Crippen molar-refractivity contribution in [3.8, 4) is 0 Å². The monoisotopic (exact) mass is 243 g/mol. The zero-order chi connectivity index (χ0) is 13.6. The molecule has 0 radical (unpaired) electrons. The quantitative estimate of drug-likeness (QED) is 0.699. The van der Waals surface area contributed by atoms with Gasteiger partial charge in [0.2, 0.25) is 0 Å². The predicted octanol–water partition coefficient (Wildman–Crippen LogP) is 2.85. The molecule has 0 spiro atoms. The zero-order valence-corrected chi connectivity index (χ0v) is 12.5. The van der Waals surface area contributed by atoms with E-state index in [2.05, 4.69) is 33.0 Å². The minimum Gasteiger partial charge on any atom is -0.464 e. The lowest BCUT2D eigenvalue weighted by Crippen LogP contribution is -2.38. The summed E-state index contributed by atoms with van der Waals surface area (Å²) in [4.78, 5) is 12.2. The average molecular weight is 243 g/mol. The molecule has 0 aromatic carbocycles. The highest BCUT2D eigenvalue weighted by Gasteiger charge is 2.38. The van der Waals surface area contributed by atoms with Crippen molar-refractivity contribution in [1.29, 1.82) is 0 Å². The second kappa shape index (κ2) is 7.00. The average Bonchev–Trinajstić information content (AvgIpc) is 2.23. The highest BCUT2D eigenvalue weighted by atomic mass is 16.5. The molecule has 0 bridgehead atoms. The van der Waals surface area contributed by atoms with Gasteiger partial charge in [-0.15, -0.1) is 0 Å². The van der Waals surface area contributed by atoms with Crippen molar-refractivity contribution in [2.24, 2.45) is 17.3 Å². The third kappa shape index (κ3) is 5.07. The van der Waals surface area contributed by atoms with Gasteiger partial charge in [0.25, 0.3) is 0 Å². The molecule has 0 aliphatic heterocycles. The highest BCUT2D eigenvalue weighted by Crippen LogP contribution is 2.35. The van der Waals surface area contributed by atoms with Crippen molar-refractivity contribution in [2.75, 3.05) is 13.7 Å². The van der Waals surface area contributed by atoms with Crippen molar-refractivity contribution in [3.05, 3.63) is 0 Å². The van der Waals surface area contributed by atoms with Crippen LogP contribution in [0.3, 0.4) is 0 Å². The number of hydrogen-bond donors (Lipinski definition) is 1. The van der Waals surface area contributed by atoms with Gasteiger partial charge in [-0.3, -0.25) is 4.79 Å². The summed E-state index contributed by atoms with van der Waals surface area (Å²) >= 11 is 0. The molecule has 0 amide bonds. The first-order valence-corrected chi connectivity index (χ1v) is 6.58. The second-order valence-corrected chi connectivity index (χ2v) is 5.96. The highest BCUT2D eigenvalue weighted by molar-refractivity contribution is 5.76. The van der Waals surface area contributed by atoms with E-state index >= 15 is 0 Å². The van der Waals surface area contributed by atoms with Crippen LogP contribution < -0.4 is 5.32 Å². The van der Waals surface area contributed by atoms with Crippen LogP contribution in [0.25, 0.3) is 0 Å². The Morgan fingerprint density at radius 1 is 1.24 bits per heavy atom. The van der Waals surface area contributed by atoms with E-state index in [-0.39, 0.29) is 17.4 Å². The lowest BCUT2D eigenvalue weighted by Gasteiger charge is -2.33. The molecule has 0 aromatic rings. The minimum atomic E-state index is -0.373. The summed E-state index contributed by atoms with van der Waals surface area (Å²) in [6.45, 7) is 12.9. The number of carbonyl (C=O) groups excluding carboxylic acids is 1. The molecule has 0 fully saturated rings. The molecule has 3 nitrogen and oxygen atoms in total. The van der Waals surface area contributed by atoms with Crippen molar-refractivity contribution >= 4 is 5.97 Å². The maximum atomic E-state index is 12.2. The molecule has 1 N–H and O–H groups in total. The Labute approximate surface area is 106 Å². The third-order valence-electron chi connectivity index (χ3n) is 3.53. The van der Waals surface area contributed by atoms with E-state index in [4.69, 9.17) is 4.74 Å². The van der Waals surface area contributed by atoms with Crippen LogP contribution in [0.15, 0.2) is 0 Å². The molecule has 0 heterocycles. The van der Waals surface area contributed by atoms with Crippen LogP contribution >= 0.6 is 0 Å². The Bertz CT molecular complexity index is 238. The number of ether oxygens (including phenoxy) is 1. The van der Waals surface area contributed by atoms with E-state index in [1.807, 2.05) is 20.9 Å². The summed E-state index contributed by atoms with van der Waals surface area (Å²) < 4.78 is 5.42. The molecule has 3 heteroatoms. The molecule has 102 valence electrons. The van der Waals surface area contributed by atoms with E-state index in [9.17, 15) is 4.79 Å². The van der Waals surface area contributed by atoms with E-state index in [0.29, 0.717) is 18.4 Å². The van der Waals surface area contributed by atoms with Gasteiger partial charge in [0.05, 0.1) is 5.41 Å². The van der Waals surface area contributed by atoms with Gasteiger partial charge in [-0.1, -0.05) is 27.7 Å². The maximum Gasteiger partial charge on any atom is 0.312 e. The van der Waals surface area contributed by atoms with Gasteiger partial charge in [0.1, 0.15) is 6.61 Å². The topological polar surface area (TPSA) is 38.3 Å². The van der Waals surface area contributed by atoms with Crippen LogP contribution in [-0.4, -0.2) is 25.7 Å². The minimum absolute atomic E-state index is 0.0664. The predicted molar refractivity (Wildman–Crippen MR) is 71.9 cm³/mol. The first-order chi connectivity index (χ1) is 7.74. The summed E-state index contributed by atoms with van der Waals surface area (Å²) in [5, 5.41) is 3.06. The van der Waals surface area contributed by atoms with Crippen LogP contribution in [-0.2, 0) is 9.53 Å². The van der Waals surface area contributed by atoms with E-state index < -0.39 is 0 Å². The Morgan fingerprint density at radius 2 is 1.76 bits per heavy atom. The maximum absolute atomic E-state index is 12.2. The van der Waals surface area contributed by atoms with Crippen LogP contribution in [0, 0.1) is 17.3 Å². The fourth-order valence-electron chi connectivity index (χ4n) is 1.85. The molecule has 2 unspecified atom stereocenters. The largest absolute Gasteiger partial charge is 0.464 e. The Morgan fingerprint density at radius 3 is 2.12 bits per heavy atom. The number of hydrogen-bond acceptors (Lipinski definition) is 3. The second-order valence-electron chi connectivity index (χ2n) is 5.96. The van der Waals surface area contributed by atoms with Crippen LogP contribution in [0.4, 0.5) is 0 Å². The van der Waals surface area contributed by atoms with Gasteiger partial charge in [-0.2, -0.15) is 0 Å². The van der Waals surface area contributed by atoms with E-state index in [0.717, 1.165) is 6.42 Å². The first kappa shape index (κ1) is 16.4. The molecular weight excluding hydrogens is 214 g/mol. The number of esters is 1. The number of nitrogens with one attached hydrogen (secondary N) is 1. The Kier molecular flexibility index (Phi) is 6.76. The number of carbonyl (C=O) groups is 1. The number of rotatable bonds is 7. The standard InChI is InChI=1S/C14H29NO2/c1-10(2)8-14(6,11(3)4)13(16)17-9-12(5)15-7/h10-12,15H,8-9H2,1-7H3. The van der Waals surface area contributed by atoms with Gasteiger partial charge < -0.3 is 10.1 Å². The van der Waals surface area contributed by atoms with Gasteiger partial charge in [0, 0.05) is 6.04 Å². The van der Waals surface area contributed by atoms with Crippen LogP contribution in [0.2, 0.25) is 0 Å². The lowest BCUT2D eigenvalue weighted by atomic mass is 9.73. The molecule has 0 aliphatic rings. The number of likely N-dealkylation sites (N-methyl/N-ethyl adjacent to an activating group) is 1.